The van der Waals surface area contributed by atoms with Gasteiger partial charge in [-0.1, -0.05) is 0 Å². The zero-order chi connectivity index (χ0) is 5.82. The van der Waals surface area contributed by atoms with Crippen molar-refractivity contribution in [2.45, 2.75) is 6.61 Å². The third-order valence-corrected chi connectivity index (χ3v) is 0.932. The van der Waals surface area contributed by atoms with Crippen LogP contribution in [0.2, 0.25) is 0 Å². The van der Waals surface area contributed by atoms with E-state index in [0.717, 1.165) is 5.56 Å². The summed E-state index contributed by atoms with van der Waals surface area (Å²) in [4.78, 5) is 3.78. The molecule has 0 aromatic carbocycles. The van der Waals surface area contributed by atoms with Crippen molar-refractivity contribution in [1.82, 2.24) is 4.98 Å². The first kappa shape index (κ1) is 8.59. The molecule has 0 aliphatic heterocycles. The molecule has 0 spiro atoms. The fourth-order valence-electron chi connectivity index (χ4n) is 0.488. The average molecular weight is 190 g/mol. The molecule has 1 rings (SSSR count). The summed E-state index contributed by atoms with van der Waals surface area (Å²) in [5.74, 6) is 0. The van der Waals surface area contributed by atoms with Gasteiger partial charge in [-0.2, -0.15) is 0 Å². The molecule has 0 aliphatic rings. The van der Waals surface area contributed by atoms with Crippen LogP contribution < -0.4 is 0 Å². The lowest BCUT2D eigenvalue weighted by molar-refractivity contribution is 0.281. The van der Waals surface area contributed by atoms with Crippen LogP contribution in [0.25, 0.3) is 0 Å². The van der Waals surface area contributed by atoms with Gasteiger partial charge in [-0.05, 0) is 17.7 Å². The highest BCUT2D eigenvalue weighted by atomic mass is 79.9. The van der Waals surface area contributed by atoms with Gasteiger partial charge < -0.3 is 5.11 Å². The fourth-order valence-corrected chi connectivity index (χ4v) is 0.488. The van der Waals surface area contributed by atoms with Gasteiger partial charge in [0.15, 0.2) is 0 Å². The van der Waals surface area contributed by atoms with Crippen molar-refractivity contribution in [2.24, 2.45) is 0 Å². The van der Waals surface area contributed by atoms with E-state index in [2.05, 4.69) is 4.98 Å². The van der Waals surface area contributed by atoms with Gasteiger partial charge in [0.2, 0.25) is 0 Å². The van der Waals surface area contributed by atoms with E-state index in [1.54, 1.807) is 24.5 Å². The molecule has 1 heterocycles. The molecule has 0 saturated heterocycles. The van der Waals surface area contributed by atoms with Crippen LogP contribution in [-0.2, 0) is 6.61 Å². The van der Waals surface area contributed by atoms with Crippen LogP contribution >= 0.6 is 17.0 Å². The van der Waals surface area contributed by atoms with E-state index in [0.29, 0.717) is 0 Å². The molecule has 0 saturated carbocycles. The molecular formula is C6H8BrNO. The number of aliphatic hydroxyl groups excluding tert-OH is 1. The van der Waals surface area contributed by atoms with Crippen molar-refractivity contribution >= 4 is 17.0 Å². The summed E-state index contributed by atoms with van der Waals surface area (Å²) in [6.07, 6.45) is 3.32. The minimum absolute atomic E-state index is 0. The van der Waals surface area contributed by atoms with Crippen molar-refractivity contribution in [3.05, 3.63) is 30.1 Å². The summed E-state index contributed by atoms with van der Waals surface area (Å²) in [6.45, 7) is 0.0997. The minimum atomic E-state index is 0. The molecule has 0 aliphatic carbocycles. The molecule has 50 valence electrons. The Balaban J connectivity index is 0.000000640. The molecule has 0 amide bonds. The third-order valence-electron chi connectivity index (χ3n) is 0.932. The molecule has 1 aromatic rings. The highest BCUT2D eigenvalue weighted by Crippen LogP contribution is 1.92. The Morgan fingerprint density at radius 1 is 1.33 bits per heavy atom. The summed E-state index contributed by atoms with van der Waals surface area (Å²) in [5.41, 5.74) is 0.903. The van der Waals surface area contributed by atoms with Crippen LogP contribution in [0.15, 0.2) is 24.5 Å². The number of aliphatic hydroxyl groups is 1. The van der Waals surface area contributed by atoms with Gasteiger partial charge in [-0.25, -0.2) is 0 Å². The maximum Gasteiger partial charge on any atom is 0.0682 e. The zero-order valence-electron chi connectivity index (χ0n) is 4.82. The number of hydrogen-bond donors (Lipinski definition) is 1. The van der Waals surface area contributed by atoms with E-state index in [-0.39, 0.29) is 23.6 Å². The molecule has 0 bridgehead atoms. The number of rotatable bonds is 1. The second-order valence-corrected chi connectivity index (χ2v) is 1.51. The number of pyridine rings is 1. The topological polar surface area (TPSA) is 33.1 Å². The molecular weight excluding hydrogens is 182 g/mol. The summed E-state index contributed by atoms with van der Waals surface area (Å²) < 4.78 is 0. The smallest absolute Gasteiger partial charge is 0.0682 e. The van der Waals surface area contributed by atoms with E-state index in [1.165, 1.54) is 0 Å². The van der Waals surface area contributed by atoms with Gasteiger partial charge >= 0.3 is 0 Å². The van der Waals surface area contributed by atoms with Crippen molar-refractivity contribution in [2.75, 3.05) is 0 Å². The van der Waals surface area contributed by atoms with Crippen molar-refractivity contribution < 1.29 is 5.11 Å². The standard InChI is InChI=1S/C6H7NO.BrH/c8-5-6-1-3-7-4-2-6;/h1-4,8H,5H2;1H. The first-order chi connectivity index (χ1) is 3.93. The molecule has 0 fully saturated rings. The number of aromatic nitrogens is 1. The predicted octanol–water partition coefficient (Wildman–Crippen LogP) is 1.15. The van der Waals surface area contributed by atoms with Gasteiger partial charge in [0.05, 0.1) is 6.61 Å². The Kier molecular flexibility index (Phi) is 4.26. The molecule has 1 aromatic heterocycles. The predicted molar refractivity (Wildman–Crippen MR) is 40.5 cm³/mol. The van der Waals surface area contributed by atoms with E-state index < -0.39 is 0 Å². The maximum absolute atomic E-state index is 8.51. The first-order valence-corrected chi connectivity index (χ1v) is 2.43. The molecule has 9 heavy (non-hydrogen) atoms. The maximum atomic E-state index is 8.51. The van der Waals surface area contributed by atoms with E-state index >= 15 is 0 Å². The van der Waals surface area contributed by atoms with Crippen LogP contribution in [0.3, 0.4) is 0 Å². The van der Waals surface area contributed by atoms with Crippen molar-refractivity contribution in [3.8, 4) is 0 Å². The fraction of sp³-hybridized carbons (Fsp3) is 0.167. The third kappa shape index (κ3) is 2.58. The minimum Gasteiger partial charge on any atom is -0.392 e. The number of halogens is 1. The van der Waals surface area contributed by atoms with Crippen LogP contribution in [0.5, 0.6) is 0 Å². The van der Waals surface area contributed by atoms with E-state index in [9.17, 15) is 0 Å². The van der Waals surface area contributed by atoms with E-state index in [4.69, 9.17) is 5.11 Å². The van der Waals surface area contributed by atoms with Gasteiger partial charge in [0.1, 0.15) is 0 Å². The Morgan fingerprint density at radius 3 is 2.22 bits per heavy atom. The number of hydrogen-bond acceptors (Lipinski definition) is 2. The van der Waals surface area contributed by atoms with Gasteiger partial charge in [0.25, 0.3) is 0 Å². The van der Waals surface area contributed by atoms with Crippen molar-refractivity contribution in [1.29, 1.82) is 0 Å². The normalized spacial score (nSPS) is 8.11. The van der Waals surface area contributed by atoms with Crippen LogP contribution in [-0.4, -0.2) is 10.1 Å². The Hall–Kier alpha value is -0.410. The Labute approximate surface area is 64.3 Å². The lowest BCUT2D eigenvalue weighted by Crippen LogP contribution is -1.80. The molecule has 0 atom stereocenters. The average Bonchev–Trinajstić information content (AvgIpc) is 1.90. The van der Waals surface area contributed by atoms with Crippen molar-refractivity contribution in [3.63, 3.8) is 0 Å². The SMILES string of the molecule is Br.OCc1ccncc1. The summed E-state index contributed by atoms with van der Waals surface area (Å²) in [5, 5.41) is 8.51. The lowest BCUT2D eigenvalue weighted by atomic mass is 10.3. The first-order valence-electron chi connectivity index (χ1n) is 2.43. The molecule has 0 unspecified atom stereocenters. The van der Waals surface area contributed by atoms with Gasteiger partial charge in [-0.15, -0.1) is 17.0 Å². The summed E-state index contributed by atoms with van der Waals surface area (Å²) in [6, 6.07) is 3.56. The Morgan fingerprint density at radius 2 is 1.89 bits per heavy atom. The quantitative estimate of drug-likeness (QED) is 0.720. The zero-order valence-corrected chi connectivity index (χ0v) is 6.53. The monoisotopic (exact) mass is 189 g/mol. The molecule has 2 nitrogen and oxygen atoms in total. The summed E-state index contributed by atoms with van der Waals surface area (Å²) in [7, 11) is 0. The molecule has 1 N–H and O–H groups in total. The number of nitrogens with zero attached hydrogens (tertiary/aromatic N) is 1. The second kappa shape index (κ2) is 4.47. The molecule has 3 heteroatoms. The highest BCUT2D eigenvalue weighted by Gasteiger charge is 1.81. The van der Waals surface area contributed by atoms with Crippen LogP contribution in [0, 0.1) is 0 Å². The lowest BCUT2D eigenvalue weighted by Gasteiger charge is -1.88. The van der Waals surface area contributed by atoms with Crippen LogP contribution in [0.4, 0.5) is 0 Å². The van der Waals surface area contributed by atoms with E-state index in [1.807, 2.05) is 0 Å². The van der Waals surface area contributed by atoms with Crippen LogP contribution in [0.1, 0.15) is 5.56 Å². The Bertz CT molecular complexity index is 154. The summed E-state index contributed by atoms with van der Waals surface area (Å²) >= 11 is 0. The molecule has 0 radical (unpaired) electrons. The van der Waals surface area contributed by atoms with Gasteiger partial charge in [-0.3, -0.25) is 4.98 Å². The largest absolute Gasteiger partial charge is 0.392 e. The second-order valence-electron chi connectivity index (χ2n) is 1.51. The van der Waals surface area contributed by atoms with Gasteiger partial charge in [0, 0.05) is 12.4 Å². The highest BCUT2D eigenvalue weighted by molar-refractivity contribution is 8.93.